The van der Waals surface area contributed by atoms with Gasteiger partial charge in [0.2, 0.25) is 0 Å². The monoisotopic (exact) mass is 235 g/mol. The lowest BCUT2D eigenvalue weighted by atomic mass is 9.75. The Hall–Kier alpha value is -0.630. The molecule has 1 aromatic heterocycles. The Kier molecular flexibility index (Phi) is 2.95. The van der Waals surface area contributed by atoms with Gasteiger partial charge < -0.3 is 0 Å². The molecule has 16 heavy (non-hydrogen) atoms. The minimum absolute atomic E-state index is 0.263. The van der Waals surface area contributed by atoms with Crippen molar-refractivity contribution in [1.82, 2.24) is 4.98 Å². The number of allylic oxidation sites excluding steroid dienone is 1. The van der Waals surface area contributed by atoms with E-state index in [1.54, 1.807) is 16.9 Å². The third kappa shape index (κ3) is 2.08. The first-order valence-corrected chi connectivity index (χ1v) is 6.92. The van der Waals surface area contributed by atoms with Gasteiger partial charge in [-0.3, -0.25) is 0 Å². The van der Waals surface area contributed by atoms with Gasteiger partial charge >= 0.3 is 0 Å². The van der Waals surface area contributed by atoms with E-state index in [1.165, 1.54) is 10.6 Å². The van der Waals surface area contributed by atoms with Gasteiger partial charge in [-0.15, -0.1) is 11.3 Å². The summed E-state index contributed by atoms with van der Waals surface area (Å²) in [5, 5.41) is 0. The first kappa shape index (κ1) is 11.8. The van der Waals surface area contributed by atoms with E-state index in [0.717, 1.165) is 6.42 Å². The van der Waals surface area contributed by atoms with Gasteiger partial charge in [0.1, 0.15) is 0 Å². The van der Waals surface area contributed by atoms with Crippen LogP contribution in [-0.4, -0.2) is 4.98 Å². The molecule has 0 amide bonds. The number of rotatable bonds is 0. The van der Waals surface area contributed by atoms with Gasteiger partial charge in [0.15, 0.2) is 0 Å². The Morgan fingerprint density at radius 1 is 1.31 bits per heavy atom. The first-order chi connectivity index (χ1) is 7.39. The molecule has 0 aromatic carbocycles. The molecule has 0 N–H and O–H groups in total. The van der Waals surface area contributed by atoms with Gasteiger partial charge in [-0.05, 0) is 29.7 Å². The standard InChI is InChI=1S/C14H21NS/c1-9-6-12-13(16-8-15-12)7-11(10(9)2)14(3,4)5/h7-10H,6H2,1-5H3. The maximum Gasteiger partial charge on any atom is 0.0801 e. The summed E-state index contributed by atoms with van der Waals surface area (Å²) >= 11 is 1.78. The summed E-state index contributed by atoms with van der Waals surface area (Å²) < 4.78 is 0. The molecule has 1 aliphatic rings. The summed E-state index contributed by atoms with van der Waals surface area (Å²) in [6, 6.07) is 0. The molecular formula is C14H21NS. The Morgan fingerprint density at radius 2 is 2.00 bits per heavy atom. The molecular weight excluding hydrogens is 214 g/mol. The molecule has 0 aliphatic heterocycles. The van der Waals surface area contributed by atoms with Crippen molar-refractivity contribution < 1.29 is 0 Å². The van der Waals surface area contributed by atoms with Crippen LogP contribution in [-0.2, 0) is 6.42 Å². The van der Waals surface area contributed by atoms with E-state index in [9.17, 15) is 0 Å². The summed E-state index contributed by atoms with van der Waals surface area (Å²) in [6.45, 7) is 11.6. The molecule has 1 aromatic rings. The predicted octanol–water partition coefficient (Wildman–Crippen LogP) is 4.40. The predicted molar refractivity (Wildman–Crippen MR) is 71.6 cm³/mol. The average Bonchev–Trinajstić information content (AvgIpc) is 2.54. The zero-order chi connectivity index (χ0) is 11.9. The molecule has 2 atom stereocenters. The second kappa shape index (κ2) is 3.99. The van der Waals surface area contributed by atoms with Crippen molar-refractivity contribution in [3.63, 3.8) is 0 Å². The van der Waals surface area contributed by atoms with Crippen molar-refractivity contribution in [1.29, 1.82) is 0 Å². The average molecular weight is 235 g/mol. The summed E-state index contributed by atoms with van der Waals surface area (Å²) in [7, 11) is 0. The van der Waals surface area contributed by atoms with Crippen molar-refractivity contribution in [2.45, 2.75) is 41.0 Å². The highest BCUT2D eigenvalue weighted by molar-refractivity contribution is 7.10. The van der Waals surface area contributed by atoms with Crippen LogP contribution in [0.5, 0.6) is 0 Å². The molecule has 2 rings (SSSR count). The van der Waals surface area contributed by atoms with Crippen LogP contribution >= 0.6 is 11.3 Å². The molecule has 1 aliphatic carbocycles. The van der Waals surface area contributed by atoms with E-state index in [4.69, 9.17) is 0 Å². The lowest BCUT2D eigenvalue weighted by Crippen LogP contribution is -2.21. The Bertz CT molecular complexity index is 409. The third-order valence-electron chi connectivity index (χ3n) is 3.68. The zero-order valence-corrected chi connectivity index (χ0v) is 11.7. The fraction of sp³-hybridized carbons (Fsp3) is 0.643. The highest BCUT2D eigenvalue weighted by Crippen LogP contribution is 2.41. The van der Waals surface area contributed by atoms with Gasteiger partial charge in [-0.25, -0.2) is 4.98 Å². The number of aromatic nitrogens is 1. The molecule has 1 nitrogen and oxygen atoms in total. The van der Waals surface area contributed by atoms with Crippen LogP contribution in [0.3, 0.4) is 0 Å². The van der Waals surface area contributed by atoms with Gasteiger partial charge in [0.25, 0.3) is 0 Å². The Labute approximate surface area is 103 Å². The van der Waals surface area contributed by atoms with Crippen LogP contribution in [0.2, 0.25) is 0 Å². The Morgan fingerprint density at radius 3 is 2.62 bits per heavy atom. The fourth-order valence-electron chi connectivity index (χ4n) is 2.51. The molecule has 2 heteroatoms. The minimum Gasteiger partial charge on any atom is -0.249 e. The second-order valence-electron chi connectivity index (χ2n) is 5.98. The summed E-state index contributed by atoms with van der Waals surface area (Å²) in [5.41, 5.74) is 5.11. The largest absolute Gasteiger partial charge is 0.249 e. The van der Waals surface area contributed by atoms with Crippen LogP contribution in [0.15, 0.2) is 11.1 Å². The molecule has 0 fully saturated rings. The second-order valence-corrected chi connectivity index (χ2v) is 6.87. The van der Waals surface area contributed by atoms with E-state index in [2.05, 4.69) is 45.7 Å². The van der Waals surface area contributed by atoms with Gasteiger partial charge in [-0.1, -0.05) is 40.2 Å². The molecule has 2 unspecified atom stereocenters. The van der Waals surface area contributed by atoms with Gasteiger partial charge in [0.05, 0.1) is 16.1 Å². The summed E-state index contributed by atoms with van der Waals surface area (Å²) in [4.78, 5) is 5.87. The van der Waals surface area contributed by atoms with Crippen molar-refractivity contribution in [2.24, 2.45) is 17.3 Å². The summed E-state index contributed by atoms with van der Waals surface area (Å²) in [5.74, 6) is 1.34. The number of hydrogen-bond acceptors (Lipinski definition) is 2. The fourth-order valence-corrected chi connectivity index (χ4v) is 3.27. The number of fused-ring (bicyclic) bond motifs is 1. The maximum atomic E-state index is 4.49. The van der Waals surface area contributed by atoms with Gasteiger partial charge in [-0.2, -0.15) is 0 Å². The van der Waals surface area contributed by atoms with Crippen LogP contribution in [0.1, 0.15) is 45.2 Å². The first-order valence-electron chi connectivity index (χ1n) is 6.04. The lowest BCUT2D eigenvalue weighted by Gasteiger charge is -2.30. The highest BCUT2D eigenvalue weighted by Gasteiger charge is 2.29. The van der Waals surface area contributed by atoms with Crippen LogP contribution < -0.4 is 0 Å². The molecule has 88 valence electrons. The minimum atomic E-state index is 0.263. The number of hydrogen-bond donors (Lipinski definition) is 0. The quantitative estimate of drug-likeness (QED) is 0.649. The van der Waals surface area contributed by atoms with E-state index in [1.807, 2.05) is 5.51 Å². The maximum absolute atomic E-state index is 4.49. The van der Waals surface area contributed by atoms with Crippen molar-refractivity contribution in [3.8, 4) is 0 Å². The van der Waals surface area contributed by atoms with Gasteiger partial charge in [0, 0.05) is 0 Å². The van der Waals surface area contributed by atoms with Crippen LogP contribution in [0.25, 0.3) is 6.08 Å². The van der Waals surface area contributed by atoms with E-state index in [0.29, 0.717) is 11.8 Å². The summed E-state index contributed by atoms with van der Waals surface area (Å²) in [6.07, 6.45) is 3.51. The highest BCUT2D eigenvalue weighted by atomic mass is 32.1. The SMILES string of the molecule is CC1Cc2ncsc2C=C(C(C)(C)C)C1C. The molecule has 0 bridgehead atoms. The number of thiazole rings is 1. The van der Waals surface area contributed by atoms with Crippen molar-refractivity contribution >= 4 is 17.4 Å². The van der Waals surface area contributed by atoms with E-state index < -0.39 is 0 Å². The Balaban J connectivity index is 2.50. The topological polar surface area (TPSA) is 12.9 Å². The van der Waals surface area contributed by atoms with E-state index in [-0.39, 0.29) is 5.41 Å². The van der Waals surface area contributed by atoms with Crippen LogP contribution in [0, 0.1) is 17.3 Å². The van der Waals surface area contributed by atoms with Crippen molar-refractivity contribution in [3.05, 3.63) is 21.7 Å². The molecule has 0 radical (unpaired) electrons. The van der Waals surface area contributed by atoms with Crippen molar-refractivity contribution in [2.75, 3.05) is 0 Å². The molecule has 0 saturated heterocycles. The smallest absolute Gasteiger partial charge is 0.0801 e. The van der Waals surface area contributed by atoms with Crippen LogP contribution in [0.4, 0.5) is 0 Å². The number of nitrogens with zero attached hydrogens (tertiary/aromatic N) is 1. The zero-order valence-electron chi connectivity index (χ0n) is 10.9. The molecule has 0 spiro atoms. The normalized spacial score (nSPS) is 25.9. The lowest BCUT2D eigenvalue weighted by molar-refractivity contribution is 0.360. The third-order valence-corrected chi connectivity index (χ3v) is 4.50. The molecule has 1 heterocycles. The molecule has 0 saturated carbocycles. The van der Waals surface area contributed by atoms with E-state index >= 15 is 0 Å².